The number of aryl methyl sites for hydroxylation is 1. The van der Waals surface area contributed by atoms with Crippen LogP contribution in [0.15, 0.2) is 42.0 Å². The molecule has 0 aliphatic carbocycles. The average molecular weight is 605 g/mol. The van der Waals surface area contributed by atoms with Gasteiger partial charge in [0.2, 0.25) is 0 Å². The topological polar surface area (TPSA) is 115 Å². The largest absolute Gasteiger partial charge is 0.507 e. The van der Waals surface area contributed by atoms with Gasteiger partial charge >= 0.3 is 5.91 Å². The minimum atomic E-state index is -1.03. The highest BCUT2D eigenvalue weighted by molar-refractivity contribution is 7.18. The summed E-state index contributed by atoms with van der Waals surface area (Å²) in [6.07, 6.45) is 3.67. The number of aliphatic hydroxyl groups excluding tert-OH is 1. The van der Waals surface area contributed by atoms with Gasteiger partial charge in [0.15, 0.2) is 22.4 Å². The fraction of sp³-hybridized carbons (Fsp3) is 0.394. The number of thiazole rings is 1. The van der Waals surface area contributed by atoms with E-state index in [9.17, 15) is 19.5 Å². The molecule has 3 aromatic rings. The molecule has 1 N–H and O–H groups in total. The predicted octanol–water partition coefficient (Wildman–Crippen LogP) is 6.57. The first-order valence-electron chi connectivity index (χ1n) is 14.6. The number of rotatable bonds is 11. The summed E-state index contributed by atoms with van der Waals surface area (Å²) >= 11 is 1.04. The van der Waals surface area contributed by atoms with Gasteiger partial charge < -0.3 is 19.3 Å². The highest BCUT2D eigenvalue weighted by Gasteiger charge is 2.48. The number of hydrogen-bond donors (Lipinski definition) is 1. The van der Waals surface area contributed by atoms with Gasteiger partial charge in [0.25, 0.3) is 5.78 Å². The molecule has 5 rings (SSSR count). The van der Waals surface area contributed by atoms with Gasteiger partial charge in [-0.2, -0.15) is 0 Å². The molecule has 9 nitrogen and oxygen atoms in total. The number of Topliss-reactive ketones (excluding diaryl/α,β-unsaturated/α-hetero) is 2. The van der Waals surface area contributed by atoms with Gasteiger partial charge in [0, 0.05) is 18.9 Å². The van der Waals surface area contributed by atoms with Crippen LogP contribution in [0.5, 0.6) is 17.2 Å². The van der Waals surface area contributed by atoms with Gasteiger partial charge in [-0.3, -0.25) is 19.3 Å². The third kappa shape index (κ3) is 5.88. The number of anilines is 1. The number of ketones is 2. The van der Waals surface area contributed by atoms with Crippen molar-refractivity contribution in [2.75, 3.05) is 18.1 Å². The summed E-state index contributed by atoms with van der Waals surface area (Å²) in [6.45, 7) is 9.97. The van der Waals surface area contributed by atoms with Crippen molar-refractivity contribution in [1.82, 2.24) is 4.98 Å². The Kier molecular flexibility index (Phi) is 8.87. The van der Waals surface area contributed by atoms with Crippen molar-refractivity contribution in [1.29, 1.82) is 0 Å². The van der Waals surface area contributed by atoms with Crippen LogP contribution in [0, 0.1) is 6.92 Å². The SMILES string of the molecule is CCCCCOc1ccc([C@@H]2/C(=C(\O)c3ccc4c(c3)C[C@H](C)O4)C(=O)C(=O)N2c2nc(C)c(C(C)=O)s2)cc1OCC. The Morgan fingerprint density at radius 2 is 1.91 bits per heavy atom. The number of ether oxygens (including phenoxy) is 3. The van der Waals surface area contributed by atoms with E-state index in [4.69, 9.17) is 14.2 Å². The maximum absolute atomic E-state index is 13.7. The smallest absolute Gasteiger partial charge is 0.301 e. The fourth-order valence-corrected chi connectivity index (χ4v) is 6.49. The van der Waals surface area contributed by atoms with Crippen LogP contribution in [0.1, 0.15) is 85.1 Å². The normalized spacial score (nSPS) is 19.0. The highest BCUT2D eigenvalue weighted by Crippen LogP contribution is 2.46. The summed E-state index contributed by atoms with van der Waals surface area (Å²) in [5, 5.41) is 11.9. The van der Waals surface area contributed by atoms with Gasteiger partial charge in [-0.25, -0.2) is 4.98 Å². The van der Waals surface area contributed by atoms with E-state index < -0.39 is 17.7 Å². The van der Waals surface area contributed by atoms with E-state index in [0.717, 1.165) is 41.9 Å². The van der Waals surface area contributed by atoms with Crippen molar-refractivity contribution in [2.24, 2.45) is 0 Å². The Bertz CT molecular complexity index is 1610. The molecule has 0 unspecified atom stereocenters. The Hall–Kier alpha value is -4.18. The summed E-state index contributed by atoms with van der Waals surface area (Å²) in [7, 11) is 0. The number of aliphatic hydroxyl groups is 1. The number of carbonyl (C=O) groups is 3. The molecular formula is C33H36N2O7S. The van der Waals surface area contributed by atoms with Crippen molar-refractivity contribution < 1.29 is 33.7 Å². The lowest BCUT2D eigenvalue weighted by Crippen LogP contribution is -2.29. The van der Waals surface area contributed by atoms with Crippen LogP contribution in [-0.2, 0) is 16.0 Å². The third-order valence-electron chi connectivity index (χ3n) is 7.51. The second kappa shape index (κ2) is 12.6. The maximum Gasteiger partial charge on any atom is 0.301 e. The molecule has 226 valence electrons. The number of carbonyl (C=O) groups excluding carboxylic acids is 3. The number of amides is 1. The molecule has 0 saturated carbocycles. The van der Waals surface area contributed by atoms with Gasteiger partial charge in [0.05, 0.1) is 35.4 Å². The minimum absolute atomic E-state index is 0.00119. The predicted molar refractivity (Wildman–Crippen MR) is 165 cm³/mol. The first-order valence-corrected chi connectivity index (χ1v) is 15.4. The van der Waals surface area contributed by atoms with Crippen molar-refractivity contribution in [3.8, 4) is 17.2 Å². The molecule has 43 heavy (non-hydrogen) atoms. The number of unbranched alkanes of at least 4 members (excludes halogenated alkanes) is 2. The van der Waals surface area contributed by atoms with Crippen LogP contribution in [-0.4, -0.2) is 46.9 Å². The number of hydrogen-bond acceptors (Lipinski definition) is 9. The second-order valence-corrected chi connectivity index (χ2v) is 11.8. The maximum atomic E-state index is 13.7. The van der Waals surface area contributed by atoms with Crippen LogP contribution in [0.25, 0.3) is 5.76 Å². The molecule has 2 aliphatic heterocycles. The number of fused-ring (bicyclic) bond motifs is 1. The molecule has 2 atom stereocenters. The zero-order chi connectivity index (χ0) is 30.8. The van der Waals surface area contributed by atoms with Crippen LogP contribution in [0.4, 0.5) is 5.13 Å². The Morgan fingerprint density at radius 3 is 2.60 bits per heavy atom. The lowest BCUT2D eigenvalue weighted by Gasteiger charge is -2.24. The van der Waals surface area contributed by atoms with E-state index in [0.29, 0.717) is 52.8 Å². The van der Waals surface area contributed by atoms with E-state index >= 15 is 0 Å². The van der Waals surface area contributed by atoms with Crippen LogP contribution in [0.2, 0.25) is 0 Å². The lowest BCUT2D eigenvalue weighted by atomic mass is 9.94. The Balaban J connectivity index is 1.65. The molecule has 0 bridgehead atoms. The quantitative estimate of drug-likeness (QED) is 0.0859. The average Bonchev–Trinajstić information content (AvgIpc) is 3.63. The Morgan fingerprint density at radius 1 is 1.12 bits per heavy atom. The fourth-order valence-electron chi connectivity index (χ4n) is 5.50. The summed E-state index contributed by atoms with van der Waals surface area (Å²) < 4.78 is 17.7. The standard InChI is InChI=1S/C33H36N2O7S/c1-6-8-9-14-41-25-13-10-21(17-26(25)40-7-2)28-27(29(37)22-11-12-24-23(16-22)15-18(3)42-24)30(38)32(39)35(28)33-34-19(4)31(43-33)20(5)36/h10-13,16-18,28,37H,6-9,14-15H2,1-5H3/b29-27+/t18-,28+/m0/s1. The van der Waals surface area contributed by atoms with Gasteiger partial charge in [-0.05, 0) is 68.7 Å². The molecule has 1 aromatic heterocycles. The molecule has 0 spiro atoms. The first kappa shape index (κ1) is 30.3. The molecule has 1 amide bonds. The van der Waals surface area contributed by atoms with Gasteiger partial charge in [-0.15, -0.1) is 0 Å². The molecule has 1 fully saturated rings. The zero-order valence-corrected chi connectivity index (χ0v) is 25.9. The highest BCUT2D eigenvalue weighted by atomic mass is 32.1. The van der Waals surface area contributed by atoms with E-state index in [1.54, 1.807) is 43.3 Å². The van der Waals surface area contributed by atoms with E-state index in [-0.39, 0.29) is 28.4 Å². The van der Waals surface area contributed by atoms with Crippen molar-refractivity contribution in [3.63, 3.8) is 0 Å². The van der Waals surface area contributed by atoms with Crippen LogP contribution in [0.3, 0.4) is 0 Å². The second-order valence-electron chi connectivity index (χ2n) is 10.8. The van der Waals surface area contributed by atoms with Crippen molar-refractivity contribution in [3.05, 3.63) is 69.2 Å². The molecular weight excluding hydrogens is 568 g/mol. The van der Waals surface area contributed by atoms with Crippen molar-refractivity contribution >= 4 is 39.7 Å². The van der Waals surface area contributed by atoms with Crippen molar-refractivity contribution in [2.45, 2.75) is 72.4 Å². The van der Waals surface area contributed by atoms with Crippen LogP contribution < -0.4 is 19.1 Å². The van der Waals surface area contributed by atoms with Gasteiger partial charge in [0.1, 0.15) is 17.6 Å². The van der Waals surface area contributed by atoms with E-state index in [2.05, 4.69) is 11.9 Å². The molecule has 10 heteroatoms. The van der Waals surface area contributed by atoms with E-state index in [1.807, 2.05) is 13.8 Å². The van der Waals surface area contributed by atoms with Gasteiger partial charge in [-0.1, -0.05) is 37.2 Å². The van der Waals surface area contributed by atoms with E-state index in [1.165, 1.54) is 11.8 Å². The summed E-state index contributed by atoms with van der Waals surface area (Å²) in [4.78, 5) is 45.8. The molecule has 0 radical (unpaired) electrons. The number of benzene rings is 2. The monoisotopic (exact) mass is 604 g/mol. The summed E-state index contributed by atoms with van der Waals surface area (Å²) in [5.74, 6) is -0.430. The molecule has 1 saturated heterocycles. The molecule has 3 heterocycles. The first-order chi connectivity index (χ1) is 20.6. The van der Waals surface area contributed by atoms with Crippen LogP contribution >= 0.6 is 11.3 Å². The third-order valence-corrected chi connectivity index (χ3v) is 8.77. The minimum Gasteiger partial charge on any atom is -0.507 e. The number of aromatic nitrogens is 1. The summed E-state index contributed by atoms with van der Waals surface area (Å²) in [6, 6.07) is 9.46. The zero-order valence-electron chi connectivity index (χ0n) is 25.1. The Labute approximate surface area is 255 Å². The molecule has 2 aromatic carbocycles. The number of nitrogens with zero attached hydrogens (tertiary/aromatic N) is 2. The summed E-state index contributed by atoms with van der Waals surface area (Å²) in [5.41, 5.74) is 2.23. The molecule has 2 aliphatic rings. The lowest BCUT2D eigenvalue weighted by molar-refractivity contribution is -0.132.